The minimum absolute atomic E-state index is 0.0778. The highest BCUT2D eigenvalue weighted by molar-refractivity contribution is 7.47. The highest BCUT2D eigenvalue weighted by Gasteiger charge is 2.28. The zero-order valence-corrected chi connectivity index (χ0v) is 31.3. The Hall–Kier alpha value is -0.500. The second kappa shape index (κ2) is 29.6. The van der Waals surface area contributed by atoms with Crippen molar-refractivity contribution in [1.82, 2.24) is 5.32 Å². The van der Waals surface area contributed by atoms with Crippen molar-refractivity contribution in [3.63, 3.8) is 0 Å². The Balaban J connectivity index is 4.40. The number of hydrogen-bond acceptors (Lipinski definition) is 5. The van der Waals surface area contributed by atoms with Crippen molar-refractivity contribution >= 4 is 13.7 Å². The first kappa shape index (κ1) is 44.5. The predicted molar refractivity (Wildman–Crippen MR) is 189 cm³/mol. The molecule has 3 N–H and O–H groups in total. The number of amides is 1. The molecule has 0 bridgehead atoms. The zero-order valence-electron chi connectivity index (χ0n) is 30.4. The molecule has 45 heavy (non-hydrogen) atoms. The van der Waals surface area contributed by atoms with E-state index in [1.54, 1.807) is 0 Å². The summed E-state index contributed by atoms with van der Waals surface area (Å²) in [5.74, 6) is -0.149. The first-order chi connectivity index (χ1) is 21.5. The SMILES string of the molecule is CCCCCCCCCCCCCCCCCC(O)C(COP(=O)(O)OCC[N+](C)(C)C)NC(=O)CCCCCCCCCC. The van der Waals surface area contributed by atoms with E-state index in [1.165, 1.54) is 109 Å². The second-order valence-electron chi connectivity index (χ2n) is 14.3. The third-order valence-electron chi connectivity index (χ3n) is 8.61. The van der Waals surface area contributed by atoms with Crippen LogP contribution in [0.2, 0.25) is 0 Å². The van der Waals surface area contributed by atoms with Gasteiger partial charge in [0.2, 0.25) is 5.91 Å². The zero-order chi connectivity index (χ0) is 33.7. The van der Waals surface area contributed by atoms with Crippen molar-refractivity contribution < 1.29 is 32.9 Å². The Bertz CT molecular complexity index is 718. The van der Waals surface area contributed by atoms with Crippen molar-refractivity contribution in [2.75, 3.05) is 40.9 Å². The van der Waals surface area contributed by atoms with E-state index in [4.69, 9.17) is 9.05 Å². The molecule has 1 amide bonds. The summed E-state index contributed by atoms with van der Waals surface area (Å²) in [4.78, 5) is 22.9. The summed E-state index contributed by atoms with van der Waals surface area (Å²) in [7, 11) is 1.62. The van der Waals surface area contributed by atoms with E-state index in [1.807, 2.05) is 21.1 Å². The Morgan fingerprint density at radius 3 is 1.49 bits per heavy atom. The van der Waals surface area contributed by atoms with Crippen molar-refractivity contribution in [3.8, 4) is 0 Å². The molecule has 3 atom stereocenters. The number of aliphatic hydroxyl groups is 1. The number of nitrogens with one attached hydrogen (secondary N) is 1. The maximum absolute atomic E-state index is 12.7. The molecule has 0 rings (SSSR count). The monoisotopic (exact) mass is 664 g/mol. The van der Waals surface area contributed by atoms with Crippen LogP contribution in [0.25, 0.3) is 0 Å². The summed E-state index contributed by atoms with van der Waals surface area (Å²) in [5, 5.41) is 13.8. The van der Waals surface area contributed by atoms with Crippen molar-refractivity contribution in [1.29, 1.82) is 0 Å². The van der Waals surface area contributed by atoms with Crippen LogP contribution in [0.1, 0.15) is 174 Å². The van der Waals surface area contributed by atoms with Crippen LogP contribution in [-0.4, -0.2) is 73.4 Å². The van der Waals surface area contributed by atoms with E-state index < -0.39 is 20.0 Å². The molecule has 0 heterocycles. The Morgan fingerprint density at radius 2 is 1.07 bits per heavy atom. The van der Waals surface area contributed by atoms with Gasteiger partial charge in [0.1, 0.15) is 13.2 Å². The molecular formula is C36H76N2O6P+. The van der Waals surface area contributed by atoms with Crippen LogP contribution in [0.15, 0.2) is 0 Å². The number of aliphatic hydroxyl groups excluding tert-OH is 1. The van der Waals surface area contributed by atoms with Gasteiger partial charge in [-0.1, -0.05) is 155 Å². The lowest BCUT2D eigenvalue weighted by molar-refractivity contribution is -0.870. The number of quaternary nitrogens is 1. The number of hydrogen-bond donors (Lipinski definition) is 3. The largest absolute Gasteiger partial charge is 0.472 e. The number of likely N-dealkylation sites (N-methyl/N-ethyl adjacent to an activating group) is 1. The number of carbonyl (C=O) groups excluding carboxylic acids is 1. The van der Waals surface area contributed by atoms with Crippen LogP contribution in [0.4, 0.5) is 0 Å². The molecule has 0 radical (unpaired) electrons. The van der Waals surface area contributed by atoms with E-state index >= 15 is 0 Å². The van der Waals surface area contributed by atoms with E-state index in [0.717, 1.165) is 38.5 Å². The third kappa shape index (κ3) is 31.8. The average molecular weight is 664 g/mol. The smallest absolute Gasteiger partial charge is 0.391 e. The fourth-order valence-electron chi connectivity index (χ4n) is 5.52. The van der Waals surface area contributed by atoms with Crippen LogP contribution < -0.4 is 5.32 Å². The Kier molecular flexibility index (Phi) is 29.3. The predicted octanol–water partition coefficient (Wildman–Crippen LogP) is 9.46. The molecular weight excluding hydrogens is 587 g/mol. The second-order valence-corrected chi connectivity index (χ2v) is 15.8. The number of rotatable bonds is 34. The van der Waals surface area contributed by atoms with Gasteiger partial charge in [-0.15, -0.1) is 0 Å². The first-order valence-corrected chi connectivity index (χ1v) is 20.4. The Morgan fingerprint density at radius 1 is 0.667 bits per heavy atom. The van der Waals surface area contributed by atoms with Crippen LogP contribution in [0, 0.1) is 0 Å². The molecule has 0 aromatic heterocycles. The molecule has 0 saturated carbocycles. The van der Waals surface area contributed by atoms with Gasteiger partial charge in [0.25, 0.3) is 0 Å². The summed E-state index contributed by atoms with van der Waals surface area (Å²) in [6, 6.07) is -0.749. The van der Waals surface area contributed by atoms with Crippen molar-refractivity contribution in [3.05, 3.63) is 0 Å². The van der Waals surface area contributed by atoms with E-state index in [0.29, 0.717) is 23.9 Å². The lowest BCUT2D eigenvalue weighted by Crippen LogP contribution is -2.46. The van der Waals surface area contributed by atoms with Gasteiger partial charge in [0, 0.05) is 6.42 Å². The van der Waals surface area contributed by atoms with Gasteiger partial charge in [0.15, 0.2) is 0 Å². The van der Waals surface area contributed by atoms with Crippen molar-refractivity contribution in [2.24, 2.45) is 0 Å². The van der Waals surface area contributed by atoms with Crippen molar-refractivity contribution in [2.45, 2.75) is 187 Å². The molecule has 0 aliphatic rings. The minimum Gasteiger partial charge on any atom is -0.391 e. The molecule has 9 heteroatoms. The fraction of sp³-hybridized carbons (Fsp3) is 0.972. The van der Waals surface area contributed by atoms with Gasteiger partial charge in [0.05, 0.1) is 39.9 Å². The van der Waals surface area contributed by atoms with Crippen LogP contribution in [0.3, 0.4) is 0 Å². The minimum atomic E-state index is -4.29. The molecule has 0 aliphatic carbocycles. The molecule has 0 saturated heterocycles. The van der Waals surface area contributed by atoms with E-state index in [2.05, 4.69) is 19.2 Å². The standard InChI is InChI=1S/C36H75N2O6P/c1-6-8-10-12-14-16-17-18-19-20-21-22-23-25-27-29-35(39)34(33-44-45(41,42)43-32-31-38(3,4)5)37-36(40)30-28-26-24-15-13-11-9-7-2/h34-35,39H,6-33H2,1-5H3,(H-,37,40,41,42)/p+1. The summed E-state index contributed by atoms with van der Waals surface area (Å²) in [6.45, 7) is 4.85. The number of phosphoric acid groups is 1. The summed E-state index contributed by atoms with van der Waals surface area (Å²) < 4.78 is 23.5. The molecule has 270 valence electrons. The molecule has 0 aromatic rings. The topological polar surface area (TPSA) is 105 Å². The number of unbranched alkanes of at least 4 members (excludes halogenated alkanes) is 21. The lowest BCUT2D eigenvalue weighted by Gasteiger charge is -2.26. The van der Waals surface area contributed by atoms with Crippen LogP contribution in [-0.2, 0) is 18.4 Å². The maximum Gasteiger partial charge on any atom is 0.472 e. The average Bonchev–Trinajstić information content (AvgIpc) is 2.97. The van der Waals surface area contributed by atoms with Gasteiger partial charge in [-0.3, -0.25) is 13.8 Å². The Labute approximate surface area is 279 Å². The van der Waals surface area contributed by atoms with Crippen LogP contribution >= 0.6 is 7.82 Å². The molecule has 8 nitrogen and oxygen atoms in total. The van der Waals surface area contributed by atoms with Gasteiger partial charge in [-0.05, 0) is 12.8 Å². The summed E-state index contributed by atoms with van der Waals surface area (Å²) >= 11 is 0. The van der Waals surface area contributed by atoms with E-state index in [-0.39, 0.29) is 19.1 Å². The van der Waals surface area contributed by atoms with Gasteiger partial charge >= 0.3 is 7.82 Å². The highest BCUT2D eigenvalue weighted by atomic mass is 31.2. The van der Waals surface area contributed by atoms with Gasteiger partial charge in [-0.25, -0.2) is 4.57 Å². The fourth-order valence-corrected chi connectivity index (χ4v) is 6.25. The first-order valence-electron chi connectivity index (χ1n) is 18.9. The highest BCUT2D eigenvalue weighted by Crippen LogP contribution is 2.43. The molecule has 3 unspecified atom stereocenters. The maximum atomic E-state index is 12.7. The number of phosphoric ester groups is 1. The van der Waals surface area contributed by atoms with Gasteiger partial charge < -0.3 is 19.8 Å². The third-order valence-corrected chi connectivity index (χ3v) is 9.59. The summed E-state index contributed by atoms with van der Waals surface area (Å²) in [5.41, 5.74) is 0. The quantitative estimate of drug-likeness (QED) is 0.0360. The van der Waals surface area contributed by atoms with E-state index in [9.17, 15) is 19.4 Å². The molecule has 0 fully saturated rings. The van der Waals surface area contributed by atoms with Gasteiger partial charge in [-0.2, -0.15) is 0 Å². The molecule has 0 spiro atoms. The molecule has 0 aromatic carbocycles. The van der Waals surface area contributed by atoms with Crippen LogP contribution in [0.5, 0.6) is 0 Å². The normalized spacial score (nSPS) is 14.7. The number of carbonyl (C=O) groups is 1. The summed E-state index contributed by atoms with van der Waals surface area (Å²) in [6.07, 6.45) is 28.4. The number of nitrogens with zero attached hydrogens (tertiary/aromatic N) is 1. The lowest BCUT2D eigenvalue weighted by atomic mass is 10.0. The molecule has 0 aliphatic heterocycles.